The van der Waals surface area contributed by atoms with Gasteiger partial charge in [-0.05, 0) is 36.9 Å². The second-order valence-corrected chi connectivity index (χ2v) is 4.96. The predicted molar refractivity (Wildman–Crippen MR) is 81.9 cm³/mol. The van der Waals surface area contributed by atoms with E-state index in [1.807, 2.05) is 43.6 Å². The number of nitrogens with one attached hydrogen (secondary N) is 1. The van der Waals surface area contributed by atoms with E-state index >= 15 is 0 Å². The first-order chi connectivity index (χ1) is 9.79. The maximum absolute atomic E-state index is 6.24. The van der Waals surface area contributed by atoms with Crippen molar-refractivity contribution in [2.24, 2.45) is 0 Å². The van der Waals surface area contributed by atoms with E-state index in [1.54, 1.807) is 6.20 Å². The Hall–Kier alpha value is -1.97. The van der Waals surface area contributed by atoms with Gasteiger partial charge in [0.05, 0.1) is 22.3 Å². The third-order valence-electron chi connectivity index (χ3n) is 3.29. The van der Waals surface area contributed by atoms with E-state index in [0.29, 0.717) is 5.02 Å². The Morgan fingerprint density at radius 3 is 2.75 bits per heavy atom. The number of rotatable bonds is 3. The third kappa shape index (κ3) is 2.38. The van der Waals surface area contributed by atoms with E-state index in [0.717, 1.165) is 22.2 Å². The number of pyridine rings is 2. The average molecular weight is 284 g/mol. The van der Waals surface area contributed by atoms with Gasteiger partial charge in [-0.3, -0.25) is 9.97 Å². The molecule has 0 aliphatic rings. The molecule has 0 amide bonds. The summed E-state index contributed by atoms with van der Waals surface area (Å²) in [5.41, 5.74) is 2.85. The Kier molecular flexibility index (Phi) is 3.63. The second kappa shape index (κ2) is 5.57. The number of halogens is 1. The van der Waals surface area contributed by atoms with Gasteiger partial charge in [-0.1, -0.05) is 29.8 Å². The van der Waals surface area contributed by atoms with Gasteiger partial charge in [-0.25, -0.2) is 0 Å². The number of aromatic nitrogens is 2. The summed E-state index contributed by atoms with van der Waals surface area (Å²) in [5.74, 6) is 0. The van der Waals surface area contributed by atoms with Gasteiger partial charge < -0.3 is 5.32 Å². The SMILES string of the molecule is CNC(c1cnc2ccccc2c1)c1ncccc1Cl. The number of para-hydroxylation sites is 1. The summed E-state index contributed by atoms with van der Waals surface area (Å²) in [5, 5.41) is 5.01. The van der Waals surface area contributed by atoms with Crippen LogP contribution in [0.1, 0.15) is 17.3 Å². The molecular formula is C16H14ClN3. The first-order valence-corrected chi connectivity index (χ1v) is 6.80. The number of hydrogen-bond donors (Lipinski definition) is 1. The lowest BCUT2D eigenvalue weighted by Crippen LogP contribution is -2.19. The van der Waals surface area contributed by atoms with Crippen molar-refractivity contribution in [3.8, 4) is 0 Å². The van der Waals surface area contributed by atoms with Crippen molar-refractivity contribution in [1.29, 1.82) is 0 Å². The van der Waals surface area contributed by atoms with E-state index in [2.05, 4.69) is 27.4 Å². The molecule has 1 atom stereocenters. The number of nitrogens with zero attached hydrogens (tertiary/aromatic N) is 2. The monoisotopic (exact) mass is 283 g/mol. The summed E-state index contributed by atoms with van der Waals surface area (Å²) in [6.07, 6.45) is 3.62. The van der Waals surface area contributed by atoms with Gasteiger partial charge in [0.25, 0.3) is 0 Å². The van der Waals surface area contributed by atoms with E-state index in [-0.39, 0.29) is 6.04 Å². The molecule has 0 saturated heterocycles. The highest BCUT2D eigenvalue weighted by atomic mass is 35.5. The van der Waals surface area contributed by atoms with Crippen molar-refractivity contribution in [1.82, 2.24) is 15.3 Å². The van der Waals surface area contributed by atoms with Crippen LogP contribution in [0.2, 0.25) is 5.02 Å². The smallest absolute Gasteiger partial charge is 0.0804 e. The lowest BCUT2D eigenvalue weighted by molar-refractivity contribution is 0.670. The van der Waals surface area contributed by atoms with Crippen molar-refractivity contribution in [2.45, 2.75) is 6.04 Å². The Balaban J connectivity index is 2.10. The van der Waals surface area contributed by atoms with Crippen molar-refractivity contribution in [3.05, 3.63) is 71.1 Å². The molecule has 0 bridgehead atoms. The van der Waals surface area contributed by atoms with Crippen LogP contribution in [0.25, 0.3) is 10.9 Å². The molecule has 1 aromatic carbocycles. The van der Waals surface area contributed by atoms with Gasteiger partial charge in [0.15, 0.2) is 0 Å². The highest BCUT2D eigenvalue weighted by Crippen LogP contribution is 2.27. The van der Waals surface area contributed by atoms with Gasteiger partial charge >= 0.3 is 0 Å². The van der Waals surface area contributed by atoms with Crippen LogP contribution in [0.5, 0.6) is 0 Å². The Morgan fingerprint density at radius 2 is 1.95 bits per heavy atom. The third-order valence-corrected chi connectivity index (χ3v) is 3.61. The van der Waals surface area contributed by atoms with E-state index in [9.17, 15) is 0 Å². The van der Waals surface area contributed by atoms with Crippen LogP contribution in [0, 0.1) is 0 Å². The maximum Gasteiger partial charge on any atom is 0.0804 e. The molecule has 1 N–H and O–H groups in total. The topological polar surface area (TPSA) is 37.8 Å². The summed E-state index contributed by atoms with van der Waals surface area (Å²) in [6.45, 7) is 0. The highest BCUT2D eigenvalue weighted by molar-refractivity contribution is 6.31. The Morgan fingerprint density at radius 1 is 1.10 bits per heavy atom. The lowest BCUT2D eigenvalue weighted by Gasteiger charge is -2.17. The first kappa shape index (κ1) is 13.0. The molecule has 3 aromatic rings. The number of hydrogen-bond acceptors (Lipinski definition) is 3. The van der Waals surface area contributed by atoms with Crippen molar-refractivity contribution >= 4 is 22.5 Å². The molecule has 0 aliphatic heterocycles. The van der Waals surface area contributed by atoms with Crippen LogP contribution >= 0.6 is 11.6 Å². The molecule has 4 heteroatoms. The molecule has 0 spiro atoms. The number of benzene rings is 1. The summed E-state index contributed by atoms with van der Waals surface area (Å²) in [4.78, 5) is 8.88. The Bertz CT molecular complexity index is 742. The maximum atomic E-state index is 6.24. The Labute approximate surface area is 122 Å². The van der Waals surface area contributed by atoms with Gasteiger partial charge in [-0.15, -0.1) is 0 Å². The molecule has 0 aliphatic carbocycles. The molecule has 0 saturated carbocycles. The van der Waals surface area contributed by atoms with E-state index in [4.69, 9.17) is 11.6 Å². The fourth-order valence-corrected chi connectivity index (χ4v) is 2.55. The van der Waals surface area contributed by atoms with Crippen LogP contribution in [0.15, 0.2) is 54.9 Å². The minimum atomic E-state index is -0.0687. The molecule has 0 radical (unpaired) electrons. The predicted octanol–water partition coefficient (Wildman–Crippen LogP) is 3.59. The normalized spacial score (nSPS) is 12.5. The highest BCUT2D eigenvalue weighted by Gasteiger charge is 2.17. The summed E-state index contributed by atoms with van der Waals surface area (Å²) >= 11 is 6.24. The standard InChI is InChI=1S/C16H14ClN3/c1-18-15(16-13(17)6-4-8-19-16)12-9-11-5-2-3-7-14(11)20-10-12/h2-10,15,18H,1H3. The fraction of sp³-hybridized carbons (Fsp3) is 0.125. The van der Waals surface area contributed by atoms with Crippen molar-refractivity contribution in [3.63, 3.8) is 0 Å². The molecular weight excluding hydrogens is 270 g/mol. The van der Waals surface area contributed by atoms with Crippen LogP contribution < -0.4 is 5.32 Å². The molecule has 2 heterocycles. The molecule has 20 heavy (non-hydrogen) atoms. The minimum absolute atomic E-state index is 0.0687. The quantitative estimate of drug-likeness (QED) is 0.798. The van der Waals surface area contributed by atoms with Gasteiger partial charge in [0.1, 0.15) is 0 Å². The zero-order valence-corrected chi connectivity index (χ0v) is 11.8. The zero-order valence-electron chi connectivity index (χ0n) is 11.0. The van der Waals surface area contributed by atoms with Crippen LogP contribution in [-0.2, 0) is 0 Å². The molecule has 3 rings (SSSR count). The van der Waals surface area contributed by atoms with E-state index in [1.165, 1.54) is 0 Å². The number of fused-ring (bicyclic) bond motifs is 1. The van der Waals surface area contributed by atoms with Crippen LogP contribution in [0.4, 0.5) is 0 Å². The van der Waals surface area contributed by atoms with E-state index < -0.39 is 0 Å². The van der Waals surface area contributed by atoms with Gasteiger partial charge in [0.2, 0.25) is 0 Å². The lowest BCUT2D eigenvalue weighted by atomic mass is 10.0. The summed E-state index contributed by atoms with van der Waals surface area (Å²) in [7, 11) is 1.89. The summed E-state index contributed by atoms with van der Waals surface area (Å²) in [6, 6.07) is 13.8. The summed E-state index contributed by atoms with van der Waals surface area (Å²) < 4.78 is 0. The molecule has 2 aromatic heterocycles. The minimum Gasteiger partial charge on any atom is -0.308 e. The van der Waals surface area contributed by atoms with Crippen molar-refractivity contribution < 1.29 is 0 Å². The average Bonchev–Trinajstić information content (AvgIpc) is 2.50. The van der Waals surface area contributed by atoms with Gasteiger partial charge in [-0.2, -0.15) is 0 Å². The molecule has 3 nitrogen and oxygen atoms in total. The molecule has 0 fully saturated rings. The zero-order chi connectivity index (χ0) is 13.9. The van der Waals surface area contributed by atoms with Crippen LogP contribution in [0.3, 0.4) is 0 Å². The largest absolute Gasteiger partial charge is 0.308 e. The first-order valence-electron chi connectivity index (χ1n) is 6.42. The van der Waals surface area contributed by atoms with Crippen molar-refractivity contribution in [2.75, 3.05) is 7.05 Å². The molecule has 100 valence electrons. The van der Waals surface area contributed by atoms with Gasteiger partial charge in [0, 0.05) is 17.8 Å². The second-order valence-electron chi connectivity index (χ2n) is 4.55. The van der Waals surface area contributed by atoms with Crippen LogP contribution in [-0.4, -0.2) is 17.0 Å². The molecule has 1 unspecified atom stereocenters. The fourth-order valence-electron chi connectivity index (χ4n) is 2.32.